The molecule has 6 nitrogen and oxygen atoms in total. The summed E-state index contributed by atoms with van der Waals surface area (Å²) in [6.07, 6.45) is -0.984. The van der Waals surface area contributed by atoms with Gasteiger partial charge in [-0.25, -0.2) is 12.8 Å². The number of aliphatic hydroxyl groups excluding tert-OH is 1. The first kappa shape index (κ1) is 14.9. The first-order valence-corrected chi connectivity index (χ1v) is 7.45. The second kappa shape index (κ2) is 5.47. The zero-order valence-electron chi connectivity index (χ0n) is 10.8. The standard InChI is InChI=1S/C12H15FN2O4S/c1-8(16)14-11-6-15(7-12(11)17)20(18,19)10-4-2-3-9(13)5-10/h2-5,11-12,17H,6-7H2,1H3,(H,14,16)/t11-,12-/m1/s1. The highest BCUT2D eigenvalue weighted by Crippen LogP contribution is 2.22. The number of carbonyl (C=O) groups is 1. The average molecular weight is 302 g/mol. The number of sulfonamides is 1. The lowest BCUT2D eigenvalue weighted by atomic mass is 10.2. The number of β-amino-alcohol motifs (C(OH)–C–C–N with tert-alkyl or cyclic N) is 1. The Morgan fingerprint density at radius 2 is 2.15 bits per heavy atom. The molecule has 0 radical (unpaired) electrons. The van der Waals surface area contributed by atoms with Crippen molar-refractivity contribution >= 4 is 15.9 Å². The van der Waals surface area contributed by atoms with Crippen LogP contribution in [0, 0.1) is 5.82 Å². The van der Waals surface area contributed by atoms with E-state index < -0.39 is 28.0 Å². The van der Waals surface area contributed by atoms with Crippen LogP contribution in [0.5, 0.6) is 0 Å². The summed E-state index contributed by atoms with van der Waals surface area (Å²) in [4.78, 5) is 10.8. The molecule has 0 aliphatic carbocycles. The summed E-state index contributed by atoms with van der Waals surface area (Å²) in [6, 6.07) is 4.01. The minimum Gasteiger partial charge on any atom is -0.390 e. The van der Waals surface area contributed by atoms with Crippen LogP contribution in [-0.2, 0) is 14.8 Å². The Bertz CT molecular complexity index is 620. The minimum atomic E-state index is -3.88. The van der Waals surface area contributed by atoms with Crippen molar-refractivity contribution in [1.82, 2.24) is 9.62 Å². The van der Waals surface area contributed by atoms with Crippen molar-refractivity contribution < 1.29 is 22.7 Å². The van der Waals surface area contributed by atoms with E-state index in [0.29, 0.717) is 0 Å². The van der Waals surface area contributed by atoms with Gasteiger partial charge in [0, 0.05) is 20.0 Å². The second-order valence-electron chi connectivity index (χ2n) is 4.65. The molecule has 8 heteroatoms. The SMILES string of the molecule is CC(=O)N[C@@H]1CN(S(=O)(=O)c2cccc(F)c2)C[C@H]1O. The number of nitrogens with zero attached hydrogens (tertiary/aromatic N) is 1. The molecular weight excluding hydrogens is 287 g/mol. The molecule has 1 saturated heterocycles. The normalized spacial score (nSPS) is 23.8. The molecule has 2 rings (SSSR count). The monoisotopic (exact) mass is 302 g/mol. The van der Waals surface area contributed by atoms with Gasteiger partial charge in [0.15, 0.2) is 0 Å². The molecule has 1 aromatic rings. The third-order valence-corrected chi connectivity index (χ3v) is 4.91. The van der Waals surface area contributed by atoms with Gasteiger partial charge in [-0.3, -0.25) is 4.79 Å². The molecule has 1 aliphatic rings. The van der Waals surface area contributed by atoms with Gasteiger partial charge in [-0.15, -0.1) is 0 Å². The lowest BCUT2D eigenvalue weighted by Crippen LogP contribution is -2.41. The van der Waals surface area contributed by atoms with Gasteiger partial charge in [0.2, 0.25) is 15.9 Å². The number of rotatable bonds is 3. The fourth-order valence-electron chi connectivity index (χ4n) is 2.13. The van der Waals surface area contributed by atoms with E-state index >= 15 is 0 Å². The molecule has 2 atom stereocenters. The van der Waals surface area contributed by atoms with Crippen molar-refractivity contribution in [2.24, 2.45) is 0 Å². The summed E-state index contributed by atoms with van der Waals surface area (Å²) >= 11 is 0. The molecule has 1 amide bonds. The molecule has 1 aromatic carbocycles. The molecule has 0 saturated carbocycles. The summed E-state index contributed by atoms with van der Waals surface area (Å²) in [5, 5.41) is 12.3. The van der Waals surface area contributed by atoms with E-state index in [-0.39, 0.29) is 23.9 Å². The lowest BCUT2D eigenvalue weighted by molar-refractivity contribution is -0.120. The predicted molar refractivity (Wildman–Crippen MR) is 68.8 cm³/mol. The van der Waals surface area contributed by atoms with Crippen molar-refractivity contribution in [3.05, 3.63) is 30.1 Å². The molecule has 2 N–H and O–H groups in total. The fraction of sp³-hybridized carbons (Fsp3) is 0.417. The molecule has 1 heterocycles. The Morgan fingerprint density at radius 3 is 2.75 bits per heavy atom. The molecule has 0 unspecified atom stereocenters. The zero-order valence-corrected chi connectivity index (χ0v) is 11.6. The number of carbonyl (C=O) groups excluding carboxylic acids is 1. The Hall–Kier alpha value is -1.51. The summed E-state index contributed by atoms with van der Waals surface area (Å²) < 4.78 is 38.8. The number of amides is 1. The van der Waals surface area contributed by atoms with Gasteiger partial charge in [-0.2, -0.15) is 4.31 Å². The van der Waals surface area contributed by atoms with Gasteiger partial charge in [0.1, 0.15) is 5.82 Å². The van der Waals surface area contributed by atoms with Gasteiger partial charge in [0.25, 0.3) is 0 Å². The summed E-state index contributed by atoms with van der Waals surface area (Å²) in [7, 11) is -3.88. The van der Waals surface area contributed by atoms with Crippen LogP contribution in [0.15, 0.2) is 29.2 Å². The number of hydrogen-bond donors (Lipinski definition) is 2. The van der Waals surface area contributed by atoms with Crippen LogP contribution < -0.4 is 5.32 Å². The summed E-state index contributed by atoms with van der Waals surface area (Å²) in [5.41, 5.74) is 0. The first-order chi connectivity index (χ1) is 9.30. The molecule has 0 spiro atoms. The highest BCUT2D eigenvalue weighted by Gasteiger charge is 2.38. The van der Waals surface area contributed by atoms with Crippen molar-refractivity contribution in [1.29, 1.82) is 0 Å². The topological polar surface area (TPSA) is 86.7 Å². The molecule has 0 bridgehead atoms. The molecule has 20 heavy (non-hydrogen) atoms. The van der Waals surface area contributed by atoms with E-state index in [9.17, 15) is 22.7 Å². The Labute approximate surface area is 116 Å². The number of nitrogens with one attached hydrogen (secondary N) is 1. The van der Waals surface area contributed by atoms with Crippen molar-refractivity contribution in [3.8, 4) is 0 Å². The minimum absolute atomic E-state index is 0.0421. The number of aliphatic hydroxyl groups is 1. The van der Waals surface area contributed by atoms with E-state index in [1.54, 1.807) is 0 Å². The average Bonchev–Trinajstić information content (AvgIpc) is 2.71. The Balaban J connectivity index is 2.22. The first-order valence-electron chi connectivity index (χ1n) is 6.01. The largest absolute Gasteiger partial charge is 0.390 e. The highest BCUT2D eigenvalue weighted by atomic mass is 32.2. The summed E-state index contributed by atoms with van der Waals surface area (Å²) in [6.45, 7) is 1.11. The van der Waals surface area contributed by atoms with Crippen LogP contribution in [-0.4, -0.2) is 49.0 Å². The van der Waals surface area contributed by atoms with Crippen molar-refractivity contribution in [2.75, 3.05) is 13.1 Å². The maximum Gasteiger partial charge on any atom is 0.243 e. The van der Waals surface area contributed by atoms with Crippen LogP contribution >= 0.6 is 0 Å². The number of halogens is 1. The van der Waals surface area contributed by atoms with Gasteiger partial charge < -0.3 is 10.4 Å². The molecule has 0 aromatic heterocycles. The molecule has 1 fully saturated rings. The van der Waals surface area contributed by atoms with E-state index in [0.717, 1.165) is 16.4 Å². The molecule has 1 aliphatic heterocycles. The fourth-order valence-corrected chi connectivity index (χ4v) is 3.64. The maximum atomic E-state index is 13.1. The third-order valence-electron chi connectivity index (χ3n) is 3.08. The van der Waals surface area contributed by atoms with Gasteiger partial charge in [-0.05, 0) is 18.2 Å². The number of benzene rings is 1. The quantitative estimate of drug-likeness (QED) is 0.802. The summed E-state index contributed by atoms with van der Waals surface area (Å²) in [5.74, 6) is -0.997. The molecule has 110 valence electrons. The van der Waals surface area contributed by atoms with Crippen molar-refractivity contribution in [2.45, 2.75) is 24.0 Å². The van der Waals surface area contributed by atoms with Crippen LogP contribution in [0.25, 0.3) is 0 Å². The van der Waals surface area contributed by atoms with E-state index in [2.05, 4.69) is 5.32 Å². The maximum absolute atomic E-state index is 13.1. The second-order valence-corrected chi connectivity index (χ2v) is 6.59. The Morgan fingerprint density at radius 1 is 1.45 bits per heavy atom. The third kappa shape index (κ3) is 2.97. The van der Waals surface area contributed by atoms with Crippen LogP contribution in [0.1, 0.15) is 6.92 Å². The predicted octanol–water partition coefficient (Wildman–Crippen LogP) is -0.304. The van der Waals surface area contributed by atoms with Gasteiger partial charge in [0.05, 0.1) is 17.0 Å². The van der Waals surface area contributed by atoms with Crippen LogP contribution in [0.2, 0.25) is 0 Å². The van der Waals surface area contributed by atoms with Crippen molar-refractivity contribution in [3.63, 3.8) is 0 Å². The van der Waals surface area contributed by atoms with Gasteiger partial charge in [-0.1, -0.05) is 6.07 Å². The molecular formula is C12H15FN2O4S. The highest BCUT2D eigenvalue weighted by molar-refractivity contribution is 7.89. The smallest absolute Gasteiger partial charge is 0.243 e. The number of hydrogen-bond acceptors (Lipinski definition) is 4. The van der Waals surface area contributed by atoms with E-state index in [1.165, 1.54) is 19.1 Å². The zero-order chi connectivity index (χ0) is 14.9. The van der Waals surface area contributed by atoms with E-state index in [1.807, 2.05) is 0 Å². The van der Waals surface area contributed by atoms with Crippen LogP contribution in [0.4, 0.5) is 4.39 Å². The van der Waals surface area contributed by atoms with Crippen LogP contribution in [0.3, 0.4) is 0 Å². The Kier molecular flexibility index (Phi) is 4.07. The van der Waals surface area contributed by atoms with Gasteiger partial charge >= 0.3 is 0 Å². The lowest BCUT2D eigenvalue weighted by Gasteiger charge is -2.16. The van der Waals surface area contributed by atoms with E-state index in [4.69, 9.17) is 0 Å².